The van der Waals surface area contributed by atoms with E-state index < -0.39 is 35.9 Å². The number of carbonyl (C=O) groups is 2. The summed E-state index contributed by atoms with van der Waals surface area (Å²) in [5, 5.41) is 28.2. The number of carboxylic acids is 1. The van der Waals surface area contributed by atoms with E-state index in [1.165, 1.54) is 12.7 Å². The number of aliphatic carboxylic acids is 1. The maximum atomic E-state index is 13.3. The third-order valence-corrected chi connectivity index (χ3v) is 9.69. The third-order valence-electron chi connectivity index (χ3n) is 9.69. The molecule has 0 radical (unpaired) electrons. The van der Waals surface area contributed by atoms with Crippen molar-refractivity contribution in [2.24, 2.45) is 11.8 Å². The Labute approximate surface area is 254 Å². The second-order valence-electron chi connectivity index (χ2n) is 11.9. The zero-order valence-corrected chi connectivity index (χ0v) is 25.8. The highest BCUT2D eigenvalue weighted by Gasteiger charge is 2.54. The number of allylic oxidation sites excluding steroid dienone is 1. The van der Waals surface area contributed by atoms with Crippen LogP contribution >= 0.6 is 0 Å². The molecule has 44 heavy (non-hydrogen) atoms. The van der Waals surface area contributed by atoms with Crippen LogP contribution in [0.15, 0.2) is 23.9 Å². The number of carbonyl (C=O) groups excluding carboxylic acids is 1. The molecule has 3 aromatic heterocycles. The van der Waals surface area contributed by atoms with Crippen LogP contribution in [0, 0.1) is 32.6 Å². The van der Waals surface area contributed by atoms with Crippen molar-refractivity contribution >= 4 is 47.9 Å². The molecule has 228 valence electrons. The normalized spacial score (nSPS) is 25.6. The minimum Gasteiger partial charge on any atom is -0.478 e. The van der Waals surface area contributed by atoms with Gasteiger partial charge in [-0.05, 0) is 91.8 Å². The van der Waals surface area contributed by atoms with Gasteiger partial charge in [-0.25, -0.2) is 4.79 Å². The first-order valence-electron chi connectivity index (χ1n) is 14.8. The van der Waals surface area contributed by atoms with Gasteiger partial charge in [-0.15, -0.1) is 0 Å². The number of hydrogen-bond donors (Lipinski definition) is 6. The van der Waals surface area contributed by atoms with Gasteiger partial charge >= 0.3 is 11.9 Å². The van der Waals surface area contributed by atoms with Crippen molar-refractivity contribution in [1.82, 2.24) is 20.3 Å². The number of rotatable bonds is 5. The summed E-state index contributed by atoms with van der Waals surface area (Å²) in [7, 11) is 1.32. The smallest absolute Gasteiger partial charge is 0.328 e. The average molecular weight is 595 g/mol. The number of fused-ring (bicyclic) bond motifs is 7. The number of aliphatic hydroxyl groups is 1. The summed E-state index contributed by atoms with van der Waals surface area (Å²) in [4.78, 5) is 35.6. The molecule has 0 amide bonds. The Hall–Kier alpha value is -4.76. The summed E-state index contributed by atoms with van der Waals surface area (Å²) in [6.07, 6.45) is 10.5. The summed E-state index contributed by atoms with van der Waals surface area (Å²) in [5.41, 5.74) is 10.0. The van der Waals surface area contributed by atoms with E-state index in [-0.39, 0.29) is 0 Å². The lowest BCUT2D eigenvalue weighted by Crippen LogP contribution is -2.33. The van der Waals surface area contributed by atoms with Crippen molar-refractivity contribution < 1.29 is 24.5 Å². The monoisotopic (exact) mass is 594 g/mol. The molecule has 3 aromatic rings. The van der Waals surface area contributed by atoms with Crippen LogP contribution < -0.4 is 26.7 Å². The first-order valence-corrected chi connectivity index (χ1v) is 14.8. The summed E-state index contributed by atoms with van der Waals surface area (Å²) in [6.45, 7) is 14.3. The molecule has 2 aliphatic heterocycles. The molecular weight excluding hydrogens is 556 g/mol. The van der Waals surface area contributed by atoms with Crippen molar-refractivity contribution in [2.75, 3.05) is 7.11 Å². The Morgan fingerprint density at radius 2 is 1.66 bits per heavy atom. The zero-order chi connectivity index (χ0) is 31.6. The molecule has 0 saturated heterocycles. The van der Waals surface area contributed by atoms with Gasteiger partial charge in [0.25, 0.3) is 0 Å². The fourth-order valence-electron chi connectivity index (χ4n) is 7.34. The van der Waals surface area contributed by atoms with E-state index in [0.29, 0.717) is 16.5 Å². The molecule has 6 N–H and O–H groups in total. The zero-order valence-electron chi connectivity index (χ0n) is 25.8. The quantitative estimate of drug-likeness (QED) is 0.195. The van der Waals surface area contributed by atoms with Crippen molar-refractivity contribution in [1.29, 1.82) is 0 Å². The Balaban J connectivity index is 1.80. The SMILES string of the molecule is C=Cc1c2[nH]c(c1C)/C=c1\[nH]/c(c(/C=C/C(=O)O)c1C)=C1\C3NC(=C(C)C3C(O)[C@@H]1C(=O)OC)/C=c1\[nH]/c(c(C)c1CC)=C\2. The summed E-state index contributed by atoms with van der Waals surface area (Å²) in [5.74, 6) is -2.97. The molecule has 0 spiro atoms. The molecule has 9 heteroatoms. The molecule has 6 rings (SSSR count). The van der Waals surface area contributed by atoms with E-state index in [1.54, 1.807) is 6.08 Å². The maximum Gasteiger partial charge on any atom is 0.328 e. The second kappa shape index (κ2) is 10.7. The van der Waals surface area contributed by atoms with E-state index in [4.69, 9.17) is 4.74 Å². The Morgan fingerprint density at radius 1 is 0.955 bits per heavy atom. The highest BCUT2D eigenvalue weighted by Crippen LogP contribution is 2.46. The van der Waals surface area contributed by atoms with Crippen molar-refractivity contribution in [3.05, 3.63) is 90.1 Å². The van der Waals surface area contributed by atoms with Gasteiger partial charge in [0.15, 0.2) is 0 Å². The van der Waals surface area contributed by atoms with Crippen LogP contribution in [0.2, 0.25) is 0 Å². The van der Waals surface area contributed by atoms with E-state index in [9.17, 15) is 19.8 Å². The maximum absolute atomic E-state index is 13.3. The van der Waals surface area contributed by atoms with E-state index in [2.05, 4.69) is 52.8 Å². The largest absolute Gasteiger partial charge is 0.478 e. The van der Waals surface area contributed by atoms with E-state index in [0.717, 1.165) is 73.5 Å². The predicted molar refractivity (Wildman–Crippen MR) is 171 cm³/mol. The molecular formula is C35H38N4O5. The topological polar surface area (TPSA) is 143 Å². The molecule has 1 aliphatic carbocycles. The number of nitrogens with one attached hydrogen (secondary N) is 4. The molecule has 1 saturated carbocycles. The van der Waals surface area contributed by atoms with Crippen LogP contribution in [0.3, 0.4) is 0 Å². The van der Waals surface area contributed by atoms with Gasteiger partial charge < -0.3 is 35.2 Å². The van der Waals surface area contributed by atoms with Crippen LogP contribution in [-0.4, -0.2) is 56.4 Å². The number of aliphatic hydroxyl groups excluding tert-OH is 1. The van der Waals surface area contributed by atoms with Crippen molar-refractivity contribution in [3.63, 3.8) is 0 Å². The number of H-pyrrole nitrogens is 3. The third kappa shape index (κ3) is 4.33. The first kappa shape index (κ1) is 29.3. The van der Waals surface area contributed by atoms with E-state index in [1.807, 2.05) is 32.9 Å². The fraction of sp³-hybridized carbons (Fsp3) is 0.314. The highest BCUT2D eigenvalue weighted by atomic mass is 16.5. The molecule has 5 heterocycles. The summed E-state index contributed by atoms with van der Waals surface area (Å²) < 4.78 is 5.21. The Bertz CT molecular complexity index is 2070. The lowest BCUT2D eigenvalue weighted by Gasteiger charge is -2.18. The highest BCUT2D eigenvalue weighted by molar-refractivity contribution is 5.90. The number of ether oxygens (including phenoxy) is 1. The molecule has 3 aliphatic rings. The lowest BCUT2D eigenvalue weighted by atomic mass is 9.93. The minimum atomic E-state index is -1.09. The van der Waals surface area contributed by atoms with Crippen molar-refractivity contribution in [3.8, 4) is 0 Å². The lowest BCUT2D eigenvalue weighted by molar-refractivity contribution is -0.146. The molecule has 9 nitrogen and oxygen atoms in total. The minimum absolute atomic E-state index is 0.390. The van der Waals surface area contributed by atoms with Crippen molar-refractivity contribution in [2.45, 2.75) is 53.2 Å². The summed E-state index contributed by atoms with van der Waals surface area (Å²) >= 11 is 0. The molecule has 3 unspecified atom stereocenters. The van der Waals surface area contributed by atoms with Gasteiger partial charge in [0.05, 0.1) is 19.3 Å². The molecule has 0 aromatic carbocycles. The number of aromatic nitrogens is 3. The van der Waals surface area contributed by atoms with Gasteiger partial charge in [-0.3, -0.25) is 4.79 Å². The first-order chi connectivity index (χ1) is 21.0. The van der Waals surface area contributed by atoms with E-state index >= 15 is 0 Å². The van der Waals surface area contributed by atoms with Crippen LogP contribution in [0.1, 0.15) is 58.6 Å². The van der Waals surface area contributed by atoms with Gasteiger partial charge in [0, 0.05) is 61.6 Å². The summed E-state index contributed by atoms with van der Waals surface area (Å²) in [6, 6.07) is -0.422. The van der Waals surface area contributed by atoms with Gasteiger partial charge in [-0.2, -0.15) is 0 Å². The molecule has 8 bridgehead atoms. The number of hydrogen-bond acceptors (Lipinski definition) is 5. The van der Waals surface area contributed by atoms with Crippen LogP contribution in [0.4, 0.5) is 0 Å². The number of aromatic amines is 3. The molecule has 4 atom stereocenters. The Morgan fingerprint density at radius 3 is 2.32 bits per heavy atom. The number of carboxylic acid groups (broad SMARTS) is 1. The van der Waals surface area contributed by atoms with Crippen LogP contribution in [0.25, 0.3) is 36.0 Å². The standard InChI is InChI=1S/C35H38N4O5/c1-8-19-15(3)22-12-24-17(5)21(10-11-28(40)41)32(38-24)30-31(35(43)44-7)34(42)29-18(6)25(39-33(29)30)14-27-20(9-2)16(4)23(37-27)13-26(19)36-22/h8,10-14,29,31,33-34,36-39,42H,1,9H2,2-7H3,(H,40,41)/b11-10+,23-13-,24-12-,27-14-,32-30-/t29?,31-,33?,34?/m1/s1. The Kier molecular flexibility index (Phi) is 7.16. The fourth-order valence-corrected chi connectivity index (χ4v) is 7.34. The number of esters is 1. The van der Waals surface area contributed by atoms with Crippen LogP contribution in [0.5, 0.6) is 0 Å². The van der Waals surface area contributed by atoms with Gasteiger partial charge in [0.1, 0.15) is 5.92 Å². The van der Waals surface area contributed by atoms with Crippen LogP contribution in [-0.2, 0) is 20.7 Å². The average Bonchev–Trinajstić information content (AvgIpc) is 3.72. The van der Waals surface area contributed by atoms with Gasteiger partial charge in [-0.1, -0.05) is 19.6 Å². The predicted octanol–water partition coefficient (Wildman–Crippen LogP) is 1.53. The second-order valence-corrected chi connectivity index (χ2v) is 11.9. The molecule has 1 fully saturated rings. The van der Waals surface area contributed by atoms with Gasteiger partial charge in [0.2, 0.25) is 0 Å². The number of methoxy groups -OCH3 is 1.